The lowest BCUT2D eigenvalue weighted by atomic mass is 10.3. The van der Waals surface area contributed by atoms with Gasteiger partial charge in [0.15, 0.2) is 0 Å². The SMILES string of the molecule is CCC(=O)NCCn1nc(-c2sc(C)nc2C)ccc1=O. The van der Waals surface area contributed by atoms with E-state index in [1.807, 2.05) is 13.8 Å². The molecule has 2 rings (SSSR count). The molecule has 6 nitrogen and oxygen atoms in total. The zero-order valence-electron chi connectivity index (χ0n) is 12.3. The van der Waals surface area contributed by atoms with Gasteiger partial charge in [-0.15, -0.1) is 11.3 Å². The van der Waals surface area contributed by atoms with Crippen LogP contribution in [0.1, 0.15) is 24.0 Å². The van der Waals surface area contributed by atoms with Gasteiger partial charge in [-0.1, -0.05) is 6.92 Å². The first kappa shape index (κ1) is 15.4. The van der Waals surface area contributed by atoms with Crippen molar-refractivity contribution in [2.45, 2.75) is 33.7 Å². The van der Waals surface area contributed by atoms with Gasteiger partial charge in [0.2, 0.25) is 5.91 Å². The lowest BCUT2D eigenvalue weighted by Gasteiger charge is -2.07. The second-order valence-corrected chi connectivity index (χ2v) is 5.83. The summed E-state index contributed by atoms with van der Waals surface area (Å²) in [5, 5.41) is 8.07. The predicted molar refractivity (Wildman–Crippen MR) is 82.4 cm³/mol. The summed E-state index contributed by atoms with van der Waals surface area (Å²) < 4.78 is 1.37. The van der Waals surface area contributed by atoms with Gasteiger partial charge >= 0.3 is 0 Å². The summed E-state index contributed by atoms with van der Waals surface area (Å²) in [5.41, 5.74) is 1.47. The quantitative estimate of drug-likeness (QED) is 0.908. The van der Waals surface area contributed by atoms with Crippen LogP contribution in [0.5, 0.6) is 0 Å². The largest absolute Gasteiger partial charge is 0.354 e. The molecule has 0 spiro atoms. The normalized spacial score (nSPS) is 10.6. The molecule has 21 heavy (non-hydrogen) atoms. The van der Waals surface area contributed by atoms with Crippen molar-refractivity contribution in [3.63, 3.8) is 0 Å². The van der Waals surface area contributed by atoms with Gasteiger partial charge < -0.3 is 5.32 Å². The highest BCUT2D eigenvalue weighted by Crippen LogP contribution is 2.27. The molecule has 0 unspecified atom stereocenters. The smallest absolute Gasteiger partial charge is 0.266 e. The number of amides is 1. The summed E-state index contributed by atoms with van der Waals surface area (Å²) >= 11 is 1.56. The maximum atomic E-state index is 11.8. The van der Waals surface area contributed by atoms with Crippen molar-refractivity contribution in [1.82, 2.24) is 20.1 Å². The standard InChI is InChI=1S/C14H18N4O2S/c1-4-12(19)15-7-8-18-13(20)6-5-11(17-18)14-9(2)16-10(3)21-14/h5-6H,4,7-8H2,1-3H3,(H,15,19). The Hall–Kier alpha value is -2.02. The van der Waals surface area contributed by atoms with E-state index in [1.54, 1.807) is 24.3 Å². The van der Waals surface area contributed by atoms with Gasteiger partial charge in [-0.05, 0) is 19.9 Å². The van der Waals surface area contributed by atoms with Gasteiger partial charge in [0, 0.05) is 19.0 Å². The number of aromatic nitrogens is 3. The van der Waals surface area contributed by atoms with Crippen LogP contribution in [0.25, 0.3) is 10.6 Å². The number of nitrogens with zero attached hydrogens (tertiary/aromatic N) is 3. The molecule has 0 atom stereocenters. The highest BCUT2D eigenvalue weighted by Gasteiger charge is 2.10. The van der Waals surface area contributed by atoms with Crippen LogP contribution < -0.4 is 10.9 Å². The van der Waals surface area contributed by atoms with Gasteiger partial charge in [-0.2, -0.15) is 5.10 Å². The van der Waals surface area contributed by atoms with E-state index in [0.29, 0.717) is 19.5 Å². The van der Waals surface area contributed by atoms with E-state index in [4.69, 9.17) is 0 Å². The van der Waals surface area contributed by atoms with E-state index in [0.717, 1.165) is 21.3 Å². The number of nitrogens with one attached hydrogen (secondary N) is 1. The van der Waals surface area contributed by atoms with Crippen molar-refractivity contribution in [1.29, 1.82) is 0 Å². The van der Waals surface area contributed by atoms with Crippen LogP contribution >= 0.6 is 11.3 Å². The van der Waals surface area contributed by atoms with Crippen LogP contribution in [0.4, 0.5) is 0 Å². The van der Waals surface area contributed by atoms with E-state index in [2.05, 4.69) is 15.4 Å². The van der Waals surface area contributed by atoms with E-state index in [-0.39, 0.29) is 11.5 Å². The Labute approximate surface area is 126 Å². The maximum Gasteiger partial charge on any atom is 0.266 e. The number of thiazole rings is 1. The summed E-state index contributed by atoms with van der Waals surface area (Å²) in [6, 6.07) is 3.21. The van der Waals surface area contributed by atoms with Crippen LogP contribution in [-0.4, -0.2) is 27.2 Å². The molecule has 0 aromatic carbocycles. The van der Waals surface area contributed by atoms with Crippen molar-refractivity contribution in [2.75, 3.05) is 6.54 Å². The third-order valence-corrected chi connectivity index (χ3v) is 4.07. The zero-order valence-corrected chi connectivity index (χ0v) is 13.2. The topological polar surface area (TPSA) is 76.9 Å². The Morgan fingerprint density at radius 3 is 2.76 bits per heavy atom. The van der Waals surface area contributed by atoms with E-state index in [1.165, 1.54) is 10.7 Å². The van der Waals surface area contributed by atoms with Crippen molar-refractivity contribution in [3.8, 4) is 10.6 Å². The Morgan fingerprint density at radius 1 is 1.38 bits per heavy atom. The number of hydrogen-bond acceptors (Lipinski definition) is 5. The van der Waals surface area contributed by atoms with Crippen LogP contribution in [0.2, 0.25) is 0 Å². The fraction of sp³-hybridized carbons (Fsp3) is 0.429. The fourth-order valence-electron chi connectivity index (χ4n) is 1.93. The van der Waals surface area contributed by atoms with Crippen LogP contribution in [0.3, 0.4) is 0 Å². The molecular formula is C14H18N4O2S. The molecule has 7 heteroatoms. The number of aryl methyl sites for hydroxylation is 2. The zero-order chi connectivity index (χ0) is 15.4. The van der Waals surface area contributed by atoms with Gasteiger partial charge in [0.1, 0.15) is 5.69 Å². The molecular weight excluding hydrogens is 288 g/mol. The van der Waals surface area contributed by atoms with Gasteiger partial charge in [0.05, 0.1) is 22.1 Å². The van der Waals surface area contributed by atoms with Gasteiger partial charge in [-0.25, -0.2) is 9.67 Å². The fourth-order valence-corrected chi connectivity index (χ4v) is 2.81. The molecule has 1 amide bonds. The van der Waals surface area contributed by atoms with Crippen molar-refractivity contribution in [3.05, 3.63) is 33.2 Å². The number of carbonyl (C=O) groups excluding carboxylic acids is 1. The molecule has 0 radical (unpaired) electrons. The second kappa shape index (κ2) is 6.62. The highest BCUT2D eigenvalue weighted by atomic mass is 32.1. The van der Waals surface area contributed by atoms with Crippen molar-refractivity contribution in [2.24, 2.45) is 0 Å². The molecule has 0 saturated carbocycles. The van der Waals surface area contributed by atoms with Crippen molar-refractivity contribution < 1.29 is 4.79 Å². The predicted octanol–water partition coefficient (Wildman–Crippen LogP) is 1.51. The minimum atomic E-state index is -0.177. The molecule has 0 aliphatic rings. The molecule has 2 aromatic rings. The Morgan fingerprint density at radius 2 is 2.14 bits per heavy atom. The van der Waals surface area contributed by atoms with E-state index >= 15 is 0 Å². The number of carbonyl (C=O) groups is 1. The summed E-state index contributed by atoms with van der Waals surface area (Å²) in [7, 11) is 0. The Kier molecular flexibility index (Phi) is 4.85. The summed E-state index contributed by atoms with van der Waals surface area (Å²) in [6.07, 6.45) is 0.432. The molecule has 1 N–H and O–H groups in total. The third kappa shape index (κ3) is 3.75. The van der Waals surface area contributed by atoms with Crippen molar-refractivity contribution >= 4 is 17.2 Å². The molecule has 2 heterocycles. The monoisotopic (exact) mass is 306 g/mol. The van der Waals surface area contributed by atoms with Gasteiger partial charge in [0.25, 0.3) is 5.56 Å². The first-order valence-electron chi connectivity index (χ1n) is 6.80. The lowest BCUT2D eigenvalue weighted by Crippen LogP contribution is -2.31. The summed E-state index contributed by atoms with van der Waals surface area (Å²) in [6.45, 7) is 6.41. The molecule has 112 valence electrons. The Balaban J connectivity index is 2.19. The maximum absolute atomic E-state index is 11.8. The van der Waals surface area contributed by atoms with Crippen LogP contribution in [0.15, 0.2) is 16.9 Å². The molecule has 0 aliphatic heterocycles. The lowest BCUT2D eigenvalue weighted by molar-refractivity contribution is -0.120. The molecule has 0 aliphatic carbocycles. The van der Waals surface area contributed by atoms with E-state index < -0.39 is 0 Å². The molecule has 0 bridgehead atoms. The second-order valence-electron chi connectivity index (χ2n) is 4.63. The van der Waals surface area contributed by atoms with Crippen LogP contribution in [-0.2, 0) is 11.3 Å². The third-order valence-electron chi connectivity index (χ3n) is 2.97. The first-order valence-corrected chi connectivity index (χ1v) is 7.62. The molecule has 0 saturated heterocycles. The number of rotatable bonds is 5. The molecule has 0 fully saturated rings. The summed E-state index contributed by atoms with van der Waals surface area (Å²) in [4.78, 5) is 28.4. The first-order chi connectivity index (χ1) is 10.0. The average Bonchev–Trinajstić information content (AvgIpc) is 2.79. The summed E-state index contributed by atoms with van der Waals surface area (Å²) in [5.74, 6) is -0.0341. The number of hydrogen-bond donors (Lipinski definition) is 1. The average molecular weight is 306 g/mol. The minimum Gasteiger partial charge on any atom is -0.354 e. The van der Waals surface area contributed by atoms with Crippen LogP contribution in [0, 0.1) is 13.8 Å². The highest BCUT2D eigenvalue weighted by molar-refractivity contribution is 7.15. The van der Waals surface area contributed by atoms with Gasteiger partial charge in [-0.3, -0.25) is 9.59 Å². The van der Waals surface area contributed by atoms with E-state index in [9.17, 15) is 9.59 Å². The molecule has 2 aromatic heterocycles. The minimum absolute atomic E-state index is 0.0341. The Bertz CT molecular complexity index is 705.